The summed E-state index contributed by atoms with van der Waals surface area (Å²) in [5.74, 6) is -0.295. The second-order valence-corrected chi connectivity index (χ2v) is 9.00. The van der Waals surface area contributed by atoms with Crippen molar-refractivity contribution in [1.82, 2.24) is 9.13 Å². The van der Waals surface area contributed by atoms with Gasteiger partial charge in [-0.05, 0) is 42.5 Å². The normalized spacial score (nSPS) is 11.1. The molecule has 0 atom stereocenters. The molecule has 4 aromatic rings. The lowest BCUT2D eigenvalue weighted by Gasteiger charge is -2.18. The zero-order chi connectivity index (χ0) is 26.7. The molecule has 0 spiro atoms. The summed E-state index contributed by atoms with van der Waals surface area (Å²) in [4.78, 5) is 39.7. The number of hydrogen-bond acceptors (Lipinski definition) is 4. The van der Waals surface area contributed by atoms with Crippen molar-refractivity contribution in [2.45, 2.75) is 39.3 Å². The van der Waals surface area contributed by atoms with Gasteiger partial charge >= 0.3 is 11.7 Å². The van der Waals surface area contributed by atoms with E-state index < -0.39 is 0 Å². The Balaban J connectivity index is 1.85. The molecule has 38 heavy (non-hydrogen) atoms. The summed E-state index contributed by atoms with van der Waals surface area (Å²) in [7, 11) is 0. The Kier molecular flexibility index (Phi) is 9.24. The molecule has 0 unspecified atom stereocenters. The van der Waals surface area contributed by atoms with Crippen LogP contribution in [0.2, 0.25) is 0 Å². The van der Waals surface area contributed by atoms with Crippen LogP contribution in [0.1, 0.15) is 47.7 Å². The fraction of sp³-hybridized carbons (Fsp3) is 0.219. The average Bonchev–Trinajstić information content (AvgIpc) is 2.95. The largest absolute Gasteiger partial charge is 0.466 e. The van der Waals surface area contributed by atoms with Gasteiger partial charge in [-0.25, -0.2) is 4.79 Å². The summed E-state index contributed by atoms with van der Waals surface area (Å²) < 4.78 is 8.05. The highest BCUT2D eigenvalue weighted by molar-refractivity contribution is 5.70. The molecule has 0 bridgehead atoms. The molecule has 0 fully saturated rings. The van der Waals surface area contributed by atoms with Crippen molar-refractivity contribution >= 4 is 18.1 Å². The van der Waals surface area contributed by atoms with Crippen LogP contribution in [0.4, 0.5) is 0 Å². The third-order valence-corrected chi connectivity index (χ3v) is 6.28. The van der Waals surface area contributed by atoms with Crippen molar-refractivity contribution in [2.75, 3.05) is 6.61 Å². The van der Waals surface area contributed by atoms with Gasteiger partial charge in [0.1, 0.15) is 0 Å². The number of hydrogen-bond donors (Lipinski definition) is 0. The Morgan fingerprint density at radius 3 is 1.89 bits per heavy atom. The summed E-state index contributed by atoms with van der Waals surface area (Å²) in [6, 6.07) is 28.9. The van der Waals surface area contributed by atoms with E-state index in [1.165, 1.54) is 4.57 Å². The second kappa shape index (κ2) is 13.2. The van der Waals surface area contributed by atoms with E-state index in [4.69, 9.17) is 4.74 Å². The second-order valence-electron chi connectivity index (χ2n) is 9.00. The monoisotopic (exact) mass is 508 g/mol. The lowest BCUT2D eigenvalue weighted by Crippen LogP contribution is -2.43. The predicted molar refractivity (Wildman–Crippen MR) is 151 cm³/mol. The molecule has 0 amide bonds. The molecule has 0 saturated heterocycles. The fourth-order valence-electron chi connectivity index (χ4n) is 4.40. The number of carbonyl (C=O) groups excluding carboxylic acids is 1. The maximum atomic E-state index is 13.9. The van der Waals surface area contributed by atoms with Crippen LogP contribution in [-0.2, 0) is 29.0 Å². The Hall–Kier alpha value is -4.45. The minimum absolute atomic E-state index is 0.168. The van der Waals surface area contributed by atoms with E-state index in [1.807, 2.05) is 103 Å². The van der Waals surface area contributed by atoms with Crippen LogP contribution in [0.15, 0.2) is 101 Å². The molecule has 0 aliphatic heterocycles. The van der Waals surface area contributed by atoms with Crippen molar-refractivity contribution < 1.29 is 9.53 Å². The van der Waals surface area contributed by atoms with E-state index in [2.05, 4.69) is 0 Å². The third-order valence-electron chi connectivity index (χ3n) is 6.28. The number of carbonyl (C=O) groups is 1. The summed E-state index contributed by atoms with van der Waals surface area (Å²) in [6.45, 7) is 2.57. The first-order valence-electron chi connectivity index (χ1n) is 12.9. The van der Waals surface area contributed by atoms with E-state index in [9.17, 15) is 14.4 Å². The van der Waals surface area contributed by atoms with E-state index in [0.29, 0.717) is 37.3 Å². The van der Waals surface area contributed by atoms with Crippen LogP contribution < -0.4 is 11.2 Å². The highest BCUT2D eigenvalue weighted by Crippen LogP contribution is 2.15. The minimum Gasteiger partial charge on any atom is -0.466 e. The molecule has 194 valence electrons. The molecule has 0 aliphatic carbocycles. The summed E-state index contributed by atoms with van der Waals surface area (Å²) in [5.41, 5.74) is 3.13. The Labute approximate surface area is 222 Å². The average molecular weight is 509 g/mol. The minimum atomic E-state index is -0.371. The van der Waals surface area contributed by atoms with Crippen LogP contribution in [0.3, 0.4) is 0 Å². The summed E-state index contributed by atoms with van der Waals surface area (Å²) in [5, 5.41) is 0. The zero-order valence-corrected chi connectivity index (χ0v) is 21.6. The quantitative estimate of drug-likeness (QED) is 0.262. The molecular formula is C32H32N2O4. The molecule has 1 heterocycles. The van der Waals surface area contributed by atoms with Gasteiger partial charge in [-0.1, -0.05) is 97.1 Å². The van der Waals surface area contributed by atoms with Gasteiger partial charge in [0.15, 0.2) is 0 Å². The molecule has 6 heteroatoms. The number of aromatic nitrogens is 2. The Morgan fingerprint density at radius 1 is 0.763 bits per heavy atom. The van der Waals surface area contributed by atoms with Crippen LogP contribution in [0.5, 0.6) is 0 Å². The highest BCUT2D eigenvalue weighted by atomic mass is 16.5. The predicted octanol–water partition coefficient (Wildman–Crippen LogP) is 5.16. The standard InChI is InChI=1S/C32H32N2O4/c1-2-38-30(35)20-12-19-28-29(22-21-25-13-6-3-7-14-25)33(23-26-15-8-4-9-16-26)32(37)34(31(28)36)24-27-17-10-5-11-18-27/h3-11,13-18,21-22H,2,12,19-20,23-24H2,1H3/b22-21+. The van der Waals surface area contributed by atoms with Gasteiger partial charge in [0, 0.05) is 12.0 Å². The first-order chi connectivity index (χ1) is 18.6. The van der Waals surface area contributed by atoms with Gasteiger partial charge in [-0.3, -0.25) is 18.7 Å². The number of benzene rings is 3. The van der Waals surface area contributed by atoms with Crippen molar-refractivity contribution in [3.05, 3.63) is 140 Å². The molecule has 0 N–H and O–H groups in total. The maximum Gasteiger partial charge on any atom is 0.332 e. The molecule has 0 radical (unpaired) electrons. The lowest BCUT2D eigenvalue weighted by atomic mass is 10.0. The number of rotatable bonds is 11. The fourth-order valence-corrected chi connectivity index (χ4v) is 4.40. The molecule has 1 aromatic heterocycles. The first kappa shape index (κ1) is 26.6. The highest BCUT2D eigenvalue weighted by Gasteiger charge is 2.19. The summed E-state index contributed by atoms with van der Waals surface area (Å²) >= 11 is 0. The van der Waals surface area contributed by atoms with Gasteiger partial charge in [-0.15, -0.1) is 0 Å². The number of ether oxygens (including phenoxy) is 1. The molecule has 3 aromatic carbocycles. The van der Waals surface area contributed by atoms with Crippen molar-refractivity contribution in [3.63, 3.8) is 0 Å². The van der Waals surface area contributed by atoms with E-state index >= 15 is 0 Å². The molecule has 6 nitrogen and oxygen atoms in total. The van der Waals surface area contributed by atoms with E-state index in [0.717, 1.165) is 16.7 Å². The van der Waals surface area contributed by atoms with Gasteiger partial charge in [-0.2, -0.15) is 0 Å². The van der Waals surface area contributed by atoms with Crippen LogP contribution in [0, 0.1) is 0 Å². The summed E-state index contributed by atoms with van der Waals surface area (Å²) in [6.07, 6.45) is 4.73. The smallest absolute Gasteiger partial charge is 0.332 e. The number of esters is 1. The van der Waals surface area contributed by atoms with Crippen molar-refractivity contribution in [3.8, 4) is 0 Å². The van der Waals surface area contributed by atoms with Crippen LogP contribution >= 0.6 is 0 Å². The van der Waals surface area contributed by atoms with E-state index in [1.54, 1.807) is 11.5 Å². The van der Waals surface area contributed by atoms with Crippen LogP contribution in [-0.4, -0.2) is 21.7 Å². The van der Waals surface area contributed by atoms with Gasteiger partial charge in [0.2, 0.25) is 0 Å². The van der Waals surface area contributed by atoms with Gasteiger partial charge in [0.05, 0.1) is 25.4 Å². The Bertz CT molecular complexity index is 1490. The van der Waals surface area contributed by atoms with Crippen molar-refractivity contribution in [1.29, 1.82) is 0 Å². The van der Waals surface area contributed by atoms with Crippen molar-refractivity contribution in [2.24, 2.45) is 0 Å². The SMILES string of the molecule is CCOC(=O)CCCc1c(/C=C/c2ccccc2)n(Cc2ccccc2)c(=O)n(Cc2ccccc2)c1=O. The lowest BCUT2D eigenvalue weighted by molar-refractivity contribution is -0.143. The maximum absolute atomic E-state index is 13.9. The van der Waals surface area contributed by atoms with Gasteiger partial charge < -0.3 is 4.74 Å². The molecule has 4 rings (SSSR count). The first-order valence-corrected chi connectivity index (χ1v) is 12.9. The molecule has 0 aliphatic rings. The Morgan fingerprint density at radius 2 is 1.32 bits per heavy atom. The topological polar surface area (TPSA) is 70.3 Å². The van der Waals surface area contributed by atoms with Crippen LogP contribution in [0.25, 0.3) is 12.2 Å². The van der Waals surface area contributed by atoms with E-state index in [-0.39, 0.29) is 30.2 Å². The van der Waals surface area contributed by atoms with Gasteiger partial charge in [0.25, 0.3) is 5.56 Å². The third kappa shape index (κ3) is 6.85. The molecule has 0 saturated carbocycles. The number of nitrogens with zero attached hydrogens (tertiary/aromatic N) is 2. The zero-order valence-electron chi connectivity index (χ0n) is 21.6. The molecular weight excluding hydrogens is 476 g/mol.